The van der Waals surface area contributed by atoms with Gasteiger partial charge in [-0.3, -0.25) is 4.79 Å². The third-order valence-electron chi connectivity index (χ3n) is 6.62. The van der Waals surface area contributed by atoms with Gasteiger partial charge in [-0.15, -0.1) is 11.3 Å². The minimum absolute atomic E-state index is 0.00700. The van der Waals surface area contributed by atoms with E-state index in [1.54, 1.807) is 22.3 Å². The highest BCUT2D eigenvalue weighted by molar-refractivity contribution is 7.91. The zero-order valence-electron chi connectivity index (χ0n) is 18.6. The maximum absolute atomic E-state index is 13.1. The smallest absolute Gasteiger partial charge is 0.340 e. The second kappa shape index (κ2) is 9.39. The summed E-state index contributed by atoms with van der Waals surface area (Å²) in [6.07, 6.45) is 4.27. The second-order valence-electron chi connectivity index (χ2n) is 8.82. The van der Waals surface area contributed by atoms with Crippen molar-refractivity contribution in [3.05, 3.63) is 45.4 Å². The van der Waals surface area contributed by atoms with E-state index in [2.05, 4.69) is 10.6 Å². The van der Waals surface area contributed by atoms with Crippen LogP contribution in [0.3, 0.4) is 0 Å². The van der Waals surface area contributed by atoms with Crippen LogP contribution in [-0.4, -0.2) is 60.0 Å². The minimum atomic E-state index is -3.11. The van der Waals surface area contributed by atoms with E-state index in [0.717, 1.165) is 37.1 Å². The van der Waals surface area contributed by atoms with Crippen LogP contribution in [-0.2, 0) is 25.9 Å². The van der Waals surface area contributed by atoms with E-state index < -0.39 is 15.8 Å². The number of carbonyl (C=O) groups excluding carboxylic acids is 2. The Hall–Kier alpha value is -2.13. The average molecular weight is 479 g/mol. The lowest BCUT2D eigenvalue weighted by Gasteiger charge is -2.33. The summed E-state index contributed by atoms with van der Waals surface area (Å²) in [6, 6.07) is 5.58. The van der Waals surface area contributed by atoms with Gasteiger partial charge in [-0.1, -0.05) is 18.9 Å². The molecule has 1 aliphatic heterocycles. The number of hydrogen-bond acceptors (Lipinski definition) is 6. The Morgan fingerprint density at radius 3 is 2.56 bits per heavy atom. The fourth-order valence-corrected chi connectivity index (χ4v) is 7.38. The molecule has 9 heteroatoms. The molecule has 1 atom stereocenters. The molecule has 2 fully saturated rings. The monoisotopic (exact) mass is 478 g/mol. The molecule has 0 bridgehead atoms. The number of rotatable bonds is 7. The van der Waals surface area contributed by atoms with Crippen LogP contribution >= 0.6 is 11.3 Å². The summed E-state index contributed by atoms with van der Waals surface area (Å²) >= 11 is 1.66. The average Bonchev–Trinajstić information content (AvgIpc) is 3.53. The summed E-state index contributed by atoms with van der Waals surface area (Å²) in [4.78, 5) is 28.8. The Kier molecular flexibility index (Phi) is 6.76. The summed E-state index contributed by atoms with van der Waals surface area (Å²) in [5, 5.41) is 2.02. The number of nitrogens with zero attached hydrogens (tertiary/aromatic N) is 2. The lowest BCUT2D eigenvalue weighted by Crippen LogP contribution is -2.48. The van der Waals surface area contributed by atoms with Gasteiger partial charge in [0.1, 0.15) is 0 Å². The number of aryl methyl sites for hydroxylation is 1. The fourth-order valence-electron chi connectivity index (χ4n) is 4.97. The van der Waals surface area contributed by atoms with E-state index in [0.29, 0.717) is 18.5 Å². The Bertz CT molecular complexity index is 1080. The first-order chi connectivity index (χ1) is 15.2. The molecule has 2 aliphatic rings. The van der Waals surface area contributed by atoms with E-state index >= 15 is 0 Å². The van der Waals surface area contributed by atoms with Gasteiger partial charge in [0.05, 0.1) is 23.6 Å². The molecule has 7 nitrogen and oxygen atoms in total. The molecular formula is C23H30N2O5S2. The van der Waals surface area contributed by atoms with E-state index in [1.807, 2.05) is 25.3 Å². The summed E-state index contributed by atoms with van der Waals surface area (Å²) in [6.45, 7) is 4.16. The zero-order valence-corrected chi connectivity index (χ0v) is 20.2. The molecule has 4 rings (SSSR count). The normalized spacial score (nSPS) is 20.5. The number of ether oxygens (including phenoxy) is 1. The largest absolute Gasteiger partial charge is 0.452 e. The third-order valence-corrected chi connectivity index (χ3v) is 9.23. The second-order valence-corrected chi connectivity index (χ2v) is 12.1. The number of hydrogen-bond donors (Lipinski definition) is 0. The molecule has 1 unspecified atom stereocenters. The highest BCUT2D eigenvalue weighted by Crippen LogP contribution is 2.29. The van der Waals surface area contributed by atoms with Gasteiger partial charge in [0, 0.05) is 28.3 Å². The quantitative estimate of drug-likeness (QED) is 0.570. The molecule has 2 aromatic heterocycles. The predicted molar refractivity (Wildman–Crippen MR) is 124 cm³/mol. The lowest BCUT2D eigenvalue weighted by molar-refractivity contribution is -0.139. The van der Waals surface area contributed by atoms with E-state index in [1.165, 1.54) is 4.88 Å². The predicted octanol–water partition coefficient (Wildman–Crippen LogP) is 3.33. The number of esters is 1. The third kappa shape index (κ3) is 4.93. The van der Waals surface area contributed by atoms with E-state index in [9.17, 15) is 18.0 Å². The van der Waals surface area contributed by atoms with Crippen LogP contribution in [0.5, 0.6) is 0 Å². The van der Waals surface area contributed by atoms with E-state index in [-0.39, 0.29) is 36.1 Å². The number of aromatic nitrogens is 1. The molecule has 0 radical (unpaired) electrons. The van der Waals surface area contributed by atoms with Crippen LogP contribution in [0.4, 0.5) is 0 Å². The van der Waals surface area contributed by atoms with Crippen LogP contribution in [0.25, 0.3) is 0 Å². The summed E-state index contributed by atoms with van der Waals surface area (Å²) in [7, 11) is -3.11. The molecule has 0 aromatic carbocycles. The molecule has 0 spiro atoms. The van der Waals surface area contributed by atoms with Gasteiger partial charge in [0.2, 0.25) is 0 Å². The number of carbonyl (C=O) groups is 2. The van der Waals surface area contributed by atoms with Crippen molar-refractivity contribution in [3.8, 4) is 0 Å². The van der Waals surface area contributed by atoms with Crippen LogP contribution in [0, 0.1) is 13.8 Å². The molecule has 32 heavy (non-hydrogen) atoms. The Morgan fingerprint density at radius 2 is 1.94 bits per heavy atom. The summed E-state index contributed by atoms with van der Waals surface area (Å²) in [5.41, 5.74) is 2.23. The van der Waals surface area contributed by atoms with Crippen molar-refractivity contribution in [2.24, 2.45) is 0 Å². The van der Waals surface area contributed by atoms with Crippen LogP contribution < -0.4 is 0 Å². The first-order valence-corrected chi connectivity index (χ1v) is 13.8. The zero-order chi connectivity index (χ0) is 22.9. The SMILES string of the molecule is Cc1cc(C(=O)OCC(=O)N(C2CCCC2)C2CCS(=O)(=O)C2)c(C)n1Cc1cccs1. The molecule has 1 aliphatic carbocycles. The molecular weight excluding hydrogens is 448 g/mol. The van der Waals surface area contributed by atoms with Crippen LogP contribution in [0.15, 0.2) is 23.6 Å². The van der Waals surface area contributed by atoms with Crippen molar-refractivity contribution in [3.63, 3.8) is 0 Å². The summed E-state index contributed by atoms with van der Waals surface area (Å²) < 4.78 is 31.5. The van der Waals surface area contributed by atoms with Crippen molar-refractivity contribution in [1.29, 1.82) is 0 Å². The van der Waals surface area contributed by atoms with Crippen molar-refractivity contribution in [1.82, 2.24) is 9.47 Å². The van der Waals surface area contributed by atoms with Crippen molar-refractivity contribution in [2.45, 2.75) is 64.6 Å². The van der Waals surface area contributed by atoms with Crippen LogP contribution in [0.2, 0.25) is 0 Å². The van der Waals surface area contributed by atoms with Gasteiger partial charge in [-0.2, -0.15) is 0 Å². The minimum Gasteiger partial charge on any atom is -0.452 e. The molecule has 1 saturated heterocycles. The maximum atomic E-state index is 13.1. The molecule has 0 N–H and O–H groups in total. The van der Waals surface area contributed by atoms with Crippen molar-refractivity contribution < 1.29 is 22.7 Å². The molecule has 3 heterocycles. The Morgan fingerprint density at radius 1 is 1.19 bits per heavy atom. The molecule has 174 valence electrons. The lowest BCUT2D eigenvalue weighted by atomic mass is 10.1. The highest BCUT2D eigenvalue weighted by atomic mass is 32.2. The van der Waals surface area contributed by atoms with Gasteiger partial charge in [-0.25, -0.2) is 13.2 Å². The number of thiophene rings is 1. The Balaban J connectivity index is 1.43. The summed E-state index contributed by atoms with van der Waals surface area (Å²) in [5.74, 6) is -0.689. The number of sulfone groups is 1. The van der Waals surface area contributed by atoms with Crippen molar-refractivity contribution >= 4 is 33.1 Å². The topological polar surface area (TPSA) is 85.7 Å². The van der Waals surface area contributed by atoms with Gasteiger partial charge >= 0.3 is 5.97 Å². The van der Waals surface area contributed by atoms with Gasteiger partial charge in [0.25, 0.3) is 5.91 Å². The van der Waals surface area contributed by atoms with Gasteiger partial charge in [0.15, 0.2) is 16.4 Å². The van der Waals surface area contributed by atoms with Crippen LogP contribution in [0.1, 0.15) is 58.7 Å². The van der Waals surface area contributed by atoms with Gasteiger partial charge < -0.3 is 14.2 Å². The van der Waals surface area contributed by atoms with Gasteiger partial charge in [-0.05, 0) is 50.6 Å². The molecule has 1 saturated carbocycles. The van der Waals surface area contributed by atoms with E-state index in [4.69, 9.17) is 4.74 Å². The highest BCUT2D eigenvalue weighted by Gasteiger charge is 2.39. The maximum Gasteiger partial charge on any atom is 0.340 e. The first kappa shape index (κ1) is 23.0. The molecule has 2 aromatic rings. The molecule has 1 amide bonds. The number of amides is 1. The Labute approximate surface area is 193 Å². The van der Waals surface area contributed by atoms with Crippen molar-refractivity contribution in [2.75, 3.05) is 18.1 Å². The first-order valence-electron chi connectivity index (χ1n) is 11.1. The standard InChI is InChI=1S/C23H30N2O5S2/c1-16-12-21(17(2)24(16)13-20-8-5-10-31-20)23(27)30-14-22(26)25(18-6-3-4-7-18)19-9-11-32(28,29)15-19/h5,8,10,12,18-19H,3-4,6-7,9,11,13-15H2,1-2H3. The fraction of sp³-hybridized carbons (Fsp3) is 0.565.